The highest BCUT2D eigenvalue weighted by Crippen LogP contribution is 2.32. The van der Waals surface area contributed by atoms with Gasteiger partial charge in [0, 0.05) is 18.2 Å². The van der Waals surface area contributed by atoms with Gasteiger partial charge in [0.05, 0.1) is 5.69 Å². The van der Waals surface area contributed by atoms with Crippen LogP contribution in [0.25, 0.3) is 6.08 Å². The Kier molecular flexibility index (Phi) is 1.70. The van der Waals surface area contributed by atoms with Crippen LogP contribution in [-0.2, 0) is 5.72 Å². The van der Waals surface area contributed by atoms with Crippen LogP contribution < -0.4 is 0 Å². The molecule has 0 amide bonds. The Morgan fingerprint density at radius 3 is 3.23 bits per heavy atom. The molecule has 1 aromatic heterocycles. The number of hydrogen-bond donors (Lipinski definition) is 1. The first-order valence-corrected chi connectivity index (χ1v) is 3.95. The van der Waals surface area contributed by atoms with Crippen molar-refractivity contribution < 1.29 is 5.11 Å². The van der Waals surface area contributed by atoms with Gasteiger partial charge in [-0.3, -0.25) is 4.98 Å². The quantitative estimate of drug-likeness (QED) is 0.658. The second-order valence-corrected chi connectivity index (χ2v) is 2.95. The fraction of sp³-hybridized carbons (Fsp3) is 0.222. The van der Waals surface area contributed by atoms with Crippen LogP contribution in [0.4, 0.5) is 0 Å². The molecule has 1 atom stereocenters. The van der Waals surface area contributed by atoms with Gasteiger partial charge in [0.1, 0.15) is 0 Å². The lowest BCUT2D eigenvalue weighted by Gasteiger charge is -2.22. The highest BCUT2D eigenvalue weighted by molar-refractivity contribution is 5.54. The van der Waals surface area contributed by atoms with Gasteiger partial charge in [0.15, 0.2) is 0 Å². The molecule has 1 unspecified atom stereocenters. The molecular weight excluding hydrogens is 168 g/mol. The van der Waals surface area contributed by atoms with Gasteiger partial charge < -0.3 is 5.11 Å². The molecule has 0 saturated carbocycles. The monoisotopic (exact) mass is 176 g/mol. The molecule has 4 heteroatoms. The lowest BCUT2D eigenvalue weighted by molar-refractivity contribution is 0.0460. The van der Waals surface area contributed by atoms with Crippen molar-refractivity contribution in [1.82, 2.24) is 4.98 Å². The predicted molar refractivity (Wildman–Crippen MR) is 47.6 cm³/mol. The Balaban J connectivity index is 2.61. The van der Waals surface area contributed by atoms with E-state index >= 15 is 0 Å². The van der Waals surface area contributed by atoms with Crippen LogP contribution in [0.2, 0.25) is 0 Å². The molecule has 0 bridgehead atoms. The van der Waals surface area contributed by atoms with Gasteiger partial charge in [-0.15, -0.1) is 4.91 Å². The van der Waals surface area contributed by atoms with Gasteiger partial charge in [0.2, 0.25) is 5.72 Å². The number of aromatic nitrogens is 1. The summed E-state index contributed by atoms with van der Waals surface area (Å²) in [5, 5.41) is 12.5. The van der Waals surface area contributed by atoms with Crippen LogP contribution in [0.1, 0.15) is 17.7 Å². The molecule has 1 aliphatic rings. The molecule has 0 fully saturated rings. The summed E-state index contributed by atoms with van der Waals surface area (Å²) in [5.41, 5.74) is -0.540. The second kappa shape index (κ2) is 2.74. The summed E-state index contributed by atoms with van der Waals surface area (Å²) in [6.07, 6.45) is 5.29. The first-order valence-electron chi connectivity index (χ1n) is 3.95. The molecule has 0 aromatic carbocycles. The molecule has 0 aliphatic heterocycles. The first kappa shape index (κ1) is 8.07. The normalized spacial score (nSPS) is 25.3. The van der Waals surface area contributed by atoms with Crippen LogP contribution in [-0.4, -0.2) is 10.1 Å². The molecule has 13 heavy (non-hydrogen) atoms. The highest BCUT2D eigenvalue weighted by atomic mass is 16.4. The molecule has 0 saturated heterocycles. The summed E-state index contributed by atoms with van der Waals surface area (Å²) in [6, 6.07) is 3.33. The van der Waals surface area contributed by atoms with E-state index in [9.17, 15) is 10.0 Å². The number of nitrogens with zero attached hydrogens (tertiary/aromatic N) is 2. The summed E-state index contributed by atoms with van der Waals surface area (Å²) in [6.45, 7) is 0. The van der Waals surface area contributed by atoms with Crippen molar-refractivity contribution in [2.45, 2.75) is 12.1 Å². The number of hydrogen-bond acceptors (Lipinski definition) is 4. The van der Waals surface area contributed by atoms with Gasteiger partial charge in [-0.1, -0.05) is 12.1 Å². The first-order chi connectivity index (χ1) is 6.26. The minimum absolute atomic E-state index is 0.217. The average Bonchev–Trinajstić information content (AvgIpc) is 2.19. The molecule has 0 spiro atoms. The Morgan fingerprint density at radius 2 is 2.46 bits per heavy atom. The van der Waals surface area contributed by atoms with Crippen LogP contribution in [0.5, 0.6) is 0 Å². The Bertz CT molecular complexity index is 376. The van der Waals surface area contributed by atoms with Gasteiger partial charge in [-0.05, 0) is 17.3 Å². The van der Waals surface area contributed by atoms with E-state index in [4.69, 9.17) is 0 Å². The van der Waals surface area contributed by atoms with Gasteiger partial charge in [0.25, 0.3) is 0 Å². The van der Waals surface area contributed by atoms with Gasteiger partial charge in [-0.2, -0.15) is 0 Å². The third kappa shape index (κ3) is 1.15. The summed E-state index contributed by atoms with van der Waals surface area (Å²) in [7, 11) is 0. The number of fused-ring (bicyclic) bond motifs is 1. The topological polar surface area (TPSA) is 62.5 Å². The number of aliphatic hydroxyl groups is 1. The van der Waals surface area contributed by atoms with Crippen LogP contribution >= 0.6 is 0 Å². The van der Waals surface area contributed by atoms with E-state index in [0.29, 0.717) is 11.3 Å². The van der Waals surface area contributed by atoms with Crippen LogP contribution in [0, 0.1) is 4.91 Å². The third-order valence-corrected chi connectivity index (χ3v) is 2.10. The van der Waals surface area contributed by atoms with Crippen molar-refractivity contribution in [2.75, 3.05) is 0 Å². The van der Waals surface area contributed by atoms with Gasteiger partial charge >= 0.3 is 0 Å². The molecule has 1 N–H and O–H groups in total. The van der Waals surface area contributed by atoms with Crippen molar-refractivity contribution in [1.29, 1.82) is 0 Å². The molecule has 66 valence electrons. The van der Waals surface area contributed by atoms with Crippen molar-refractivity contribution in [3.63, 3.8) is 0 Å². The van der Waals surface area contributed by atoms with E-state index in [-0.39, 0.29) is 6.42 Å². The summed E-state index contributed by atoms with van der Waals surface area (Å²) >= 11 is 0. The number of rotatable bonds is 1. The largest absolute Gasteiger partial charge is 0.363 e. The minimum Gasteiger partial charge on any atom is -0.363 e. The predicted octanol–water partition coefficient (Wildman–Crippen LogP) is 1.41. The Hall–Kier alpha value is -1.55. The molecule has 4 nitrogen and oxygen atoms in total. The fourth-order valence-corrected chi connectivity index (χ4v) is 1.42. The third-order valence-electron chi connectivity index (χ3n) is 2.10. The molecular formula is C9H8N2O2. The maximum Gasteiger partial charge on any atom is 0.229 e. The standard InChI is InChI=1S/C9H8N2O2/c12-9(11-13)5-1-4-8-7(9)3-2-6-10-8/h1-4,6,12H,5H2. The van der Waals surface area contributed by atoms with Crippen LogP contribution in [0.3, 0.4) is 0 Å². The lowest BCUT2D eigenvalue weighted by Crippen LogP contribution is -2.25. The zero-order valence-corrected chi connectivity index (χ0v) is 6.84. The average molecular weight is 176 g/mol. The highest BCUT2D eigenvalue weighted by Gasteiger charge is 2.33. The second-order valence-electron chi connectivity index (χ2n) is 2.95. The smallest absolute Gasteiger partial charge is 0.229 e. The van der Waals surface area contributed by atoms with E-state index < -0.39 is 5.72 Å². The van der Waals surface area contributed by atoms with E-state index in [0.717, 1.165) is 0 Å². The molecule has 2 rings (SSSR count). The summed E-state index contributed by atoms with van der Waals surface area (Å²) in [4.78, 5) is 14.5. The number of pyridine rings is 1. The van der Waals surface area contributed by atoms with Crippen molar-refractivity contribution in [2.24, 2.45) is 5.18 Å². The molecule has 1 aromatic rings. The van der Waals surface area contributed by atoms with E-state index in [1.807, 2.05) is 0 Å². The van der Waals surface area contributed by atoms with Crippen molar-refractivity contribution in [3.05, 3.63) is 40.6 Å². The minimum atomic E-state index is -1.63. The SMILES string of the molecule is O=NC1(O)CC=Cc2ncccc21. The maximum absolute atomic E-state index is 10.5. The maximum atomic E-state index is 10.5. The van der Waals surface area contributed by atoms with E-state index in [1.165, 1.54) is 0 Å². The zero-order chi connectivity index (χ0) is 9.31. The van der Waals surface area contributed by atoms with E-state index in [1.54, 1.807) is 30.5 Å². The number of nitroso groups, excluding NO2 is 1. The van der Waals surface area contributed by atoms with E-state index in [2.05, 4.69) is 10.2 Å². The molecule has 1 aliphatic carbocycles. The fourth-order valence-electron chi connectivity index (χ4n) is 1.42. The molecule has 1 heterocycles. The molecule has 0 radical (unpaired) electrons. The Morgan fingerprint density at radius 1 is 1.62 bits per heavy atom. The summed E-state index contributed by atoms with van der Waals surface area (Å²) < 4.78 is 0. The lowest BCUT2D eigenvalue weighted by atomic mass is 9.94. The van der Waals surface area contributed by atoms with Crippen LogP contribution in [0.15, 0.2) is 29.6 Å². The van der Waals surface area contributed by atoms with Crippen molar-refractivity contribution >= 4 is 6.08 Å². The van der Waals surface area contributed by atoms with Crippen molar-refractivity contribution in [3.8, 4) is 0 Å². The summed E-state index contributed by atoms with van der Waals surface area (Å²) in [5.74, 6) is 0. The van der Waals surface area contributed by atoms with Gasteiger partial charge in [-0.25, -0.2) is 0 Å². The Labute approximate surface area is 74.9 Å². The zero-order valence-electron chi connectivity index (χ0n) is 6.84.